The van der Waals surface area contributed by atoms with Crippen LogP contribution in [0.2, 0.25) is 0 Å². The molecule has 0 radical (unpaired) electrons. The van der Waals surface area contributed by atoms with Crippen LogP contribution in [0.5, 0.6) is 0 Å². The molecule has 0 heterocycles. The number of nitrogens with zero attached hydrogens (tertiary/aromatic N) is 1. The van der Waals surface area contributed by atoms with Crippen molar-refractivity contribution in [3.63, 3.8) is 0 Å². The molecule has 0 rings (SSSR count). The summed E-state index contributed by atoms with van der Waals surface area (Å²) < 4.78 is 0. The first-order valence-electron chi connectivity index (χ1n) is 3.16. The zero-order valence-electron chi connectivity index (χ0n) is 6.26. The number of nitrogens with one attached hydrogen (secondary N) is 1. The lowest BCUT2D eigenvalue weighted by Gasteiger charge is -2.00. The molecule has 0 saturated heterocycles. The minimum absolute atomic E-state index is 0.494. The van der Waals surface area contributed by atoms with Gasteiger partial charge in [0.1, 0.15) is 0 Å². The molecule has 0 aliphatic heterocycles. The van der Waals surface area contributed by atoms with Gasteiger partial charge in [-0.15, -0.1) is 0 Å². The molecule has 0 aromatic carbocycles. The highest BCUT2D eigenvalue weighted by Crippen LogP contribution is 1.76. The molecule has 0 bridgehead atoms. The molecular weight excluding hydrogens is 112 g/mol. The second-order valence-corrected chi connectivity index (χ2v) is 2.04. The van der Waals surface area contributed by atoms with Gasteiger partial charge in [-0.05, 0) is 20.8 Å². The monoisotopic (exact) mass is 126 g/mol. The van der Waals surface area contributed by atoms with Crippen LogP contribution in [0.25, 0.3) is 0 Å². The highest BCUT2D eigenvalue weighted by Gasteiger charge is 1.80. The van der Waals surface area contributed by atoms with Gasteiger partial charge in [-0.1, -0.05) is 0 Å². The Balaban J connectivity index is 3.25. The standard InChI is InChI=1S/C7H14N2/c1-4-8-5-6-9-7(2)3/h4-7,9H,1-3H3/b6-5-,8-4-. The molecule has 0 aliphatic rings. The number of aliphatic imine (C=N–C) groups is 1. The third kappa shape index (κ3) is 7.21. The van der Waals surface area contributed by atoms with E-state index < -0.39 is 0 Å². The molecule has 0 spiro atoms. The quantitative estimate of drug-likeness (QED) is 0.570. The maximum absolute atomic E-state index is 3.88. The van der Waals surface area contributed by atoms with E-state index in [2.05, 4.69) is 24.2 Å². The molecule has 1 N–H and O–H groups in total. The summed E-state index contributed by atoms with van der Waals surface area (Å²) >= 11 is 0. The average molecular weight is 126 g/mol. The van der Waals surface area contributed by atoms with Gasteiger partial charge in [-0.3, -0.25) is 4.99 Å². The smallest absolute Gasteiger partial charge is 0.0420 e. The molecule has 9 heavy (non-hydrogen) atoms. The van der Waals surface area contributed by atoms with Crippen molar-refractivity contribution in [1.29, 1.82) is 0 Å². The molecule has 2 heteroatoms. The van der Waals surface area contributed by atoms with Crippen LogP contribution in [0.1, 0.15) is 20.8 Å². The van der Waals surface area contributed by atoms with Crippen LogP contribution in [0, 0.1) is 0 Å². The van der Waals surface area contributed by atoms with E-state index in [4.69, 9.17) is 0 Å². The molecule has 0 fully saturated rings. The minimum Gasteiger partial charge on any atom is -0.387 e. The third-order valence-corrected chi connectivity index (χ3v) is 0.739. The second-order valence-electron chi connectivity index (χ2n) is 2.04. The van der Waals surface area contributed by atoms with Gasteiger partial charge in [-0.25, -0.2) is 0 Å². The third-order valence-electron chi connectivity index (χ3n) is 0.739. The summed E-state index contributed by atoms with van der Waals surface area (Å²) in [5.41, 5.74) is 0. The number of rotatable bonds is 3. The Morgan fingerprint density at radius 1 is 1.44 bits per heavy atom. The maximum atomic E-state index is 3.88. The first-order chi connectivity index (χ1) is 4.27. The summed E-state index contributed by atoms with van der Waals surface area (Å²) in [4.78, 5) is 3.88. The van der Waals surface area contributed by atoms with Crippen LogP contribution in [-0.4, -0.2) is 12.3 Å². The summed E-state index contributed by atoms with van der Waals surface area (Å²) in [6.45, 7) is 6.06. The molecule has 0 amide bonds. The molecule has 0 saturated carbocycles. The van der Waals surface area contributed by atoms with Crippen molar-refractivity contribution in [3.8, 4) is 0 Å². The first-order valence-corrected chi connectivity index (χ1v) is 3.16. The van der Waals surface area contributed by atoms with Crippen molar-refractivity contribution in [2.24, 2.45) is 4.99 Å². The van der Waals surface area contributed by atoms with E-state index in [9.17, 15) is 0 Å². The van der Waals surface area contributed by atoms with Gasteiger partial charge in [0.05, 0.1) is 0 Å². The van der Waals surface area contributed by atoms with Gasteiger partial charge < -0.3 is 5.32 Å². The SMILES string of the molecule is C/C=N\C=C/NC(C)C. The van der Waals surface area contributed by atoms with E-state index in [-0.39, 0.29) is 0 Å². The zero-order chi connectivity index (χ0) is 7.11. The summed E-state index contributed by atoms with van der Waals surface area (Å²) in [7, 11) is 0. The van der Waals surface area contributed by atoms with E-state index >= 15 is 0 Å². The maximum Gasteiger partial charge on any atom is 0.0420 e. The fourth-order valence-electron chi connectivity index (χ4n) is 0.365. The predicted molar refractivity (Wildman–Crippen MR) is 41.6 cm³/mol. The van der Waals surface area contributed by atoms with Crippen molar-refractivity contribution in [1.82, 2.24) is 5.32 Å². The molecule has 0 atom stereocenters. The Morgan fingerprint density at radius 2 is 2.11 bits per heavy atom. The largest absolute Gasteiger partial charge is 0.387 e. The topological polar surface area (TPSA) is 24.4 Å². The van der Waals surface area contributed by atoms with Crippen LogP contribution in [-0.2, 0) is 0 Å². The molecule has 0 aliphatic carbocycles. The van der Waals surface area contributed by atoms with Gasteiger partial charge >= 0.3 is 0 Å². The van der Waals surface area contributed by atoms with Crippen molar-refractivity contribution in [2.75, 3.05) is 0 Å². The van der Waals surface area contributed by atoms with Crippen molar-refractivity contribution >= 4 is 6.21 Å². The van der Waals surface area contributed by atoms with E-state index in [1.165, 1.54) is 0 Å². The van der Waals surface area contributed by atoms with Gasteiger partial charge in [0.25, 0.3) is 0 Å². The van der Waals surface area contributed by atoms with Gasteiger partial charge in [0.15, 0.2) is 0 Å². The van der Waals surface area contributed by atoms with Crippen molar-refractivity contribution in [3.05, 3.63) is 12.4 Å². The second kappa shape index (κ2) is 5.35. The van der Waals surface area contributed by atoms with Crippen molar-refractivity contribution < 1.29 is 0 Å². The highest BCUT2D eigenvalue weighted by molar-refractivity contribution is 5.54. The lowest BCUT2D eigenvalue weighted by atomic mass is 10.4. The Labute approximate surface area is 56.7 Å². The molecular formula is C7H14N2. The van der Waals surface area contributed by atoms with E-state index in [0.29, 0.717) is 6.04 Å². The van der Waals surface area contributed by atoms with Gasteiger partial charge in [0, 0.05) is 24.7 Å². The van der Waals surface area contributed by atoms with E-state index in [0.717, 1.165) is 0 Å². The van der Waals surface area contributed by atoms with Crippen LogP contribution < -0.4 is 5.32 Å². The van der Waals surface area contributed by atoms with Crippen molar-refractivity contribution in [2.45, 2.75) is 26.8 Å². The predicted octanol–water partition coefficient (Wildman–Crippen LogP) is 1.55. The van der Waals surface area contributed by atoms with Crippen LogP contribution >= 0.6 is 0 Å². The first kappa shape index (κ1) is 8.21. The molecule has 2 nitrogen and oxygen atoms in total. The number of hydrogen-bond donors (Lipinski definition) is 1. The van der Waals surface area contributed by atoms with E-state index in [1.807, 2.05) is 13.1 Å². The van der Waals surface area contributed by atoms with E-state index in [1.54, 1.807) is 12.4 Å². The van der Waals surface area contributed by atoms with Gasteiger partial charge in [0.2, 0.25) is 0 Å². The Bertz CT molecular complexity index is 103. The average Bonchev–Trinajstić information content (AvgIpc) is 1.80. The highest BCUT2D eigenvalue weighted by atomic mass is 14.9. The summed E-state index contributed by atoms with van der Waals surface area (Å²) in [5, 5.41) is 3.09. The normalized spacial score (nSPS) is 12.0. The van der Waals surface area contributed by atoms with Crippen LogP contribution in [0.15, 0.2) is 17.4 Å². The number of hydrogen-bond acceptors (Lipinski definition) is 2. The zero-order valence-corrected chi connectivity index (χ0v) is 6.26. The summed E-state index contributed by atoms with van der Waals surface area (Å²) in [5.74, 6) is 0. The van der Waals surface area contributed by atoms with Crippen LogP contribution in [0.3, 0.4) is 0 Å². The fourth-order valence-corrected chi connectivity index (χ4v) is 0.365. The van der Waals surface area contributed by atoms with Crippen LogP contribution in [0.4, 0.5) is 0 Å². The summed E-state index contributed by atoms with van der Waals surface area (Å²) in [6.07, 6.45) is 5.32. The Morgan fingerprint density at radius 3 is 2.56 bits per heavy atom. The molecule has 52 valence electrons. The van der Waals surface area contributed by atoms with Gasteiger partial charge in [-0.2, -0.15) is 0 Å². The minimum atomic E-state index is 0.494. The Kier molecular flexibility index (Phi) is 4.88. The Hall–Kier alpha value is -0.790. The molecule has 0 unspecified atom stereocenters. The lowest BCUT2D eigenvalue weighted by Crippen LogP contribution is -2.14. The summed E-state index contributed by atoms with van der Waals surface area (Å²) in [6, 6.07) is 0.494. The lowest BCUT2D eigenvalue weighted by molar-refractivity contribution is 0.701. The molecule has 0 aromatic heterocycles. The fraction of sp³-hybridized carbons (Fsp3) is 0.571. The molecule has 0 aromatic rings.